The lowest BCUT2D eigenvalue weighted by molar-refractivity contribution is -0.155. The molecule has 5 heteroatoms. The van der Waals surface area contributed by atoms with Crippen molar-refractivity contribution in [1.82, 2.24) is 5.48 Å². The highest BCUT2D eigenvalue weighted by molar-refractivity contribution is 5.80. The van der Waals surface area contributed by atoms with E-state index in [2.05, 4.69) is 5.48 Å². The number of hydrogen-bond acceptors (Lipinski definition) is 5. The molecule has 0 radical (unpaired) electrons. The number of rotatable bonds is 2. The molecule has 1 unspecified atom stereocenters. The van der Waals surface area contributed by atoms with Crippen LogP contribution in [0.2, 0.25) is 0 Å². The van der Waals surface area contributed by atoms with Gasteiger partial charge in [-0.2, -0.15) is 5.26 Å². The number of ether oxygens (including phenoxy) is 1. The molecule has 1 aliphatic heterocycles. The molecule has 0 bridgehead atoms. The van der Waals surface area contributed by atoms with Crippen LogP contribution in [0.4, 0.5) is 0 Å². The number of hydrogen-bond donors (Lipinski definition) is 1. The van der Waals surface area contributed by atoms with E-state index >= 15 is 0 Å². The minimum Gasteiger partial charge on any atom is -0.464 e. The minimum atomic E-state index is -0.945. The van der Waals surface area contributed by atoms with E-state index in [0.29, 0.717) is 11.3 Å². The summed E-state index contributed by atoms with van der Waals surface area (Å²) in [7, 11) is 0. The van der Waals surface area contributed by atoms with Gasteiger partial charge in [-0.25, -0.2) is 4.79 Å². The predicted octanol–water partition coefficient (Wildman–Crippen LogP) is 1.28. The van der Waals surface area contributed by atoms with Gasteiger partial charge in [0.05, 0.1) is 17.9 Å². The maximum absolute atomic E-state index is 11.5. The van der Waals surface area contributed by atoms with Crippen molar-refractivity contribution >= 4 is 5.97 Å². The Hall–Kier alpha value is -1.54. The monoisotopic (exact) mass is 224 g/mol. The normalized spacial score (nSPS) is 20.3. The number of allylic oxidation sites excluding steroid dienone is 1. The van der Waals surface area contributed by atoms with E-state index in [9.17, 15) is 4.79 Å². The number of esters is 1. The summed E-state index contributed by atoms with van der Waals surface area (Å²) in [5.74, 6) is -0.536. The first kappa shape index (κ1) is 12.5. The highest BCUT2D eigenvalue weighted by atomic mass is 16.7. The lowest BCUT2D eigenvalue weighted by Gasteiger charge is -2.19. The summed E-state index contributed by atoms with van der Waals surface area (Å²) in [6.07, 6.45) is -0.945. The van der Waals surface area contributed by atoms with Crippen molar-refractivity contribution in [1.29, 1.82) is 5.26 Å². The first-order valence-corrected chi connectivity index (χ1v) is 5.14. The molecule has 1 rings (SSSR count). The van der Waals surface area contributed by atoms with Crippen molar-refractivity contribution in [2.24, 2.45) is 5.41 Å². The Labute approximate surface area is 95.0 Å². The lowest BCUT2D eigenvalue weighted by Crippen LogP contribution is -2.26. The molecule has 1 N–H and O–H groups in total. The fraction of sp³-hybridized carbons (Fsp3) is 0.636. The second kappa shape index (κ2) is 4.54. The Bertz CT molecular complexity index is 360. The van der Waals surface area contributed by atoms with Gasteiger partial charge < -0.3 is 4.74 Å². The summed E-state index contributed by atoms with van der Waals surface area (Å²) in [6.45, 7) is 7.78. The van der Waals surface area contributed by atoms with Crippen molar-refractivity contribution in [3.63, 3.8) is 0 Å². The molecule has 16 heavy (non-hydrogen) atoms. The fourth-order valence-electron chi connectivity index (χ4n) is 1.42. The van der Waals surface area contributed by atoms with Gasteiger partial charge in [0.25, 0.3) is 0 Å². The van der Waals surface area contributed by atoms with Gasteiger partial charge in [0.2, 0.25) is 6.10 Å². The third-order valence-electron chi connectivity index (χ3n) is 2.18. The SMILES string of the molecule is CCOC(=O)C1ONC(C(C)(C)C)=C1C#N. The molecule has 0 aromatic heterocycles. The van der Waals surface area contributed by atoms with Crippen molar-refractivity contribution in [3.8, 4) is 6.07 Å². The third-order valence-corrected chi connectivity index (χ3v) is 2.18. The van der Waals surface area contributed by atoms with E-state index < -0.39 is 12.1 Å². The van der Waals surface area contributed by atoms with Gasteiger partial charge in [-0.05, 0) is 6.92 Å². The standard InChI is InChI=1S/C11H16N2O3/c1-5-15-10(14)8-7(6-12)9(13-16-8)11(2,3)4/h8,13H,5H2,1-4H3. The second-order valence-corrected chi connectivity index (χ2v) is 4.50. The quantitative estimate of drug-likeness (QED) is 0.715. The maximum atomic E-state index is 11.5. The van der Waals surface area contributed by atoms with Gasteiger partial charge in [-0.15, -0.1) is 0 Å². The molecule has 0 aliphatic carbocycles. The van der Waals surface area contributed by atoms with Gasteiger partial charge in [0.15, 0.2) is 0 Å². The minimum absolute atomic E-state index is 0.266. The molecule has 5 nitrogen and oxygen atoms in total. The predicted molar refractivity (Wildman–Crippen MR) is 56.7 cm³/mol. The van der Waals surface area contributed by atoms with Crippen LogP contribution >= 0.6 is 0 Å². The number of carbonyl (C=O) groups excluding carboxylic acids is 1. The summed E-state index contributed by atoms with van der Waals surface area (Å²) in [5.41, 5.74) is 3.30. The van der Waals surface area contributed by atoms with E-state index in [-0.39, 0.29) is 12.0 Å². The average Bonchev–Trinajstić information content (AvgIpc) is 2.60. The molecule has 0 aromatic rings. The van der Waals surface area contributed by atoms with Crippen molar-refractivity contribution < 1.29 is 14.4 Å². The van der Waals surface area contributed by atoms with Crippen LogP contribution in [0, 0.1) is 16.7 Å². The van der Waals surface area contributed by atoms with Gasteiger partial charge >= 0.3 is 5.97 Å². The zero-order chi connectivity index (χ0) is 12.3. The smallest absolute Gasteiger partial charge is 0.343 e. The second-order valence-electron chi connectivity index (χ2n) is 4.50. The van der Waals surface area contributed by atoms with E-state index in [1.165, 1.54) is 0 Å². The van der Waals surface area contributed by atoms with E-state index in [4.69, 9.17) is 14.8 Å². The van der Waals surface area contributed by atoms with E-state index in [0.717, 1.165) is 0 Å². The molecule has 0 spiro atoms. The average molecular weight is 224 g/mol. The Morgan fingerprint density at radius 2 is 2.25 bits per heavy atom. The Kier molecular flexibility index (Phi) is 3.55. The number of hydroxylamine groups is 1. The van der Waals surface area contributed by atoms with Crippen LogP contribution < -0.4 is 5.48 Å². The number of carbonyl (C=O) groups is 1. The highest BCUT2D eigenvalue weighted by Crippen LogP contribution is 2.31. The summed E-state index contributed by atoms with van der Waals surface area (Å²) in [4.78, 5) is 16.6. The van der Waals surface area contributed by atoms with Crippen molar-refractivity contribution in [3.05, 3.63) is 11.3 Å². The van der Waals surface area contributed by atoms with Crippen molar-refractivity contribution in [2.45, 2.75) is 33.8 Å². The van der Waals surface area contributed by atoms with Gasteiger partial charge in [0.1, 0.15) is 6.07 Å². The molecule has 1 aliphatic rings. The molecule has 0 saturated heterocycles. The first-order chi connectivity index (χ1) is 7.41. The van der Waals surface area contributed by atoms with Crippen LogP contribution in [-0.4, -0.2) is 18.7 Å². The Morgan fingerprint density at radius 3 is 2.69 bits per heavy atom. The number of nitrogens with zero attached hydrogens (tertiary/aromatic N) is 1. The molecule has 1 atom stereocenters. The molecule has 0 saturated carbocycles. The molecule has 1 heterocycles. The molecule has 0 fully saturated rings. The third kappa shape index (κ3) is 2.34. The largest absolute Gasteiger partial charge is 0.464 e. The molecular formula is C11H16N2O3. The van der Waals surface area contributed by atoms with Crippen molar-refractivity contribution in [2.75, 3.05) is 6.61 Å². The van der Waals surface area contributed by atoms with Crippen LogP contribution in [0.15, 0.2) is 11.3 Å². The zero-order valence-electron chi connectivity index (χ0n) is 9.96. The summed E-state index contributed by atoms with van der Waals surface area (Å²) >= 11 is 0. The van der Waals surface area contributed by atoms with Gasteiger partial charge in [-0.3, -0.25) is 10.3 Å². The first-order valence-electron chi connectivity index (χ1n) is 5.14. The lowest BCUT2D eigenvalue weighted by atomic mass is 9.88. The van der Waals surface area contributed by atoms with Gasteiger partial charge in [-0.1, -0.05) is 20.8 Å². The highest BCUT2D eigenvalue weighted by Gasteiger charge is 2.38. The maximum Gasteiger partial charge on any atom is 0.343 e. The van der Waals surface area contributed by atoms with E-state index in [1.807, 2.05) is 26.8 Å². The molecule has 0 aromatic carbocycles. The fourth-order valence-corrected chi connectivity index (χ4v) is 1.42. The molecular weight excluding hydrogens is 208 g/mol. The van der Waals surface area contributed by atoms with Crippen LogP contribution in [0.1, 0.15) is 27.7 Å². The summed E-state index contributed by atoms with van der Waals surface area (Å²) in [6, 6.07) is 2.00. The molecule has 88 valence electrons. The Balaban J connectivity index is 2.99. The zero-order valence-corrected chi connectivity index (χ0v) is 9.96. The van der Waals surface area contributed by atoms with Crippen LogP contribution in [0.5, 0.6) is 0 Å². The summed E-state index contributed by atoms with van der Waals surface area (Å²) in [5, 5.41) is 9.05. The van der Waals surface area contributed by atoms with Crippen LogP contribution in [0.25, 0.3) is 0 Å². The Morgan fingerprint density at radius 1 is 1.62 bits per heavy atom. The number of nitrogens with one attached hydrogen (secondary N) is 1. The van der Waals surface area contributed by atoms with Crippen LogP contribution in [0.3, 0.4) is 0 Å². The van der Waals surface area contributed by atoms with Crippen LogP contribution in [-0.2, 0) is 14.4 Å². The van der Waals surface area contributed by atoms with Gasteiger partial charge in [0, 0.05) is 5.41 Å². The topological polar surface area (TPSA) is 71.3 Å². The summed E-state index contributed by atoms with van der Waals surface area (Å²) < 4.78 is 4.83. The number of nitriles is 1. The molecule has 0 amide bonds. The van der Waals surface area contributed by atoms with E-state index in [1.54, 1.807) is 6.92 Å².